The largest absolute Gasteiger partial charge is 0.330 e. The van der Waals surface area contributed by atoms with Crippen LogP contribution in [-0.2, 0) is 9.59 Å². The van der Waals surface area contributed by atoms with Gasteiger partial charge in [0.2, 0.25) is 11.8 Å². The van der Waals surface area contributed by atoms with Crippen molar-refractivity contribution in [3.8, 4) is 0 Å². The van der Waals surface area contributed by atoms with Gasteiger partial charge in [0.1, 0.15) is 0 Å². The van der Waals surface area contributed by atoms with E-state index < -0.39 is 0 Å². The van der Waals surface area contributed by atoms with E-state index in [1.807, 2.05) is 30.3 Å². The highest BCUT2D eigenvalue weighted by atomic mass is 35.5. The monoisotopic (exact) mass is 343 g/mol. The number of nitrogens with one attached hydrogen (secondary N) is 2. The number of anilines is 2. The van der Waals surface area contributed by atoms with Gasteiger partial charge >= 0.3 is 0 Å². The molecule has 2 rings (SSSR count). The minimum Gasteiger partial charge on any atom is -0.330 e. The van der Waals surface area contributed by atoms with Crippen molar-refractivity contribution in [2.75, 3.05) is 17.2 Å². The number of nitrogens with two attached hydrogens (primary N) is 1. The van der Waals surface area contributed by atoms with Gasteiger partial charge in [0.15, 0.2) is 0 Å². The fourth-order valence-corrected chi connectivity index (χ4v) is 2.16. The van der Waals surface area contributed by atoms with Crippen LogP contribution < -0.4 is 16.4 Å². The fraction of sp³-hybridized carbons (Fsp3) is 0.111. The molecule has 0 atom stereocenters. The lowest BCUT2D eigenvalue weighted by Crippen LogP contribution is -2.18. The average molecular weight is 344 g/mol. The van der Waals surface area contributed by atoms with E-state index in [1.165, 1.54) is 6.08 Å². The minimum absolute atomic E-state index is 0.188. The van der Waals surface area contributed by atoms with Crippen LogP contribution in [0.5, 0.6) is 0 Å². The van der Waals surface area contributed by atoms with Crippen LogP contribution in [0.3, 0.4) is 0 Å². The van der Waals surface area contributed by atoms with Gasteiger partial charge in [-0.15, -0.1) is 0 Å². The van der Waals surface area contributed by atoms with Crippen LogP contribution in [0.2, 0.25) is 5.02 Å². The summed E-state index contributed by atoms with van der Waals surface area (Å²) in [6.45, 7) is 0.244. The van der Waals surface area contributed by atoms with Gasteiger partial charge in [-0.1, -0.05) is 41.9 Å². The van der Waals surface area contributed by atoms with Gasteiger partial charge in [-0.2, -0.15) is 0 Å². The van der Waals surface area contributed by atoms with E-state index in [4.69, 9.17) is 17.3 Å². The Labute approximate surface area is 145 Å². The van der Waals surface area contributed by atoms with Crippen molar-refractivity contribution < 1.29 is 9.59 Å². The van der Waals surface area contributed by atoms with Crippen molar-refractivity contribution in [1.29, 1.82) is 0 Å². The maximum Gasteiger partial charge on any atom is 0.248 e. The minimum atomic E-state index is -0.310. The second kappa shape index (κ2) is 8.86. The van der Waals surface area contributed by atoms with Gasteiger partial charge in [0, 0.05) is 24.1 Å². The fourth-order valence-electron chi connectivity index (χ4n) is 1.98. The zero-order valence-corrected chi connectivity index (χ0v) is 13.7. The van der Waals surface area contributed by atoms with Crippen molar-refractivity contribution in [2.45, 2.75) is 6.42 Å². The van der Waals surface area contributed by atoms with E-state index in [2.05, 4.69) is 10.6 Å². The molecule has 0 saturated carbocycles. The summed E-state index contributed by atoms with van der Waals surface area (Å²) in [5.74, 6) is -0.550. The summed E-state index contributed by atoms with van der Waals surface area (Å²) in [6, 6.07) is 14.3. The van der Waals surface area contributed by atoms with E-state index in [9.17, 15) is 9.59 Å². The maximum absolute atomic E-state index is 12.1. The third-order valence-electron chi connectivity index (χ3n) is 3.11. The molecule has 6 heteroatoms. The molecule has 24 heavy (non-hydrogen) atoms. The van der Waals surface area contributed by atoms with Gasteiger partial charge in [0.05, 0.1) is 11.4 Å². The molecule has 2 aromatic carbocycles. The number of amides is 2. The highest BCUT2D eigenvalue weighted by Crippen LogP contribution is 2.26. The first-order valence-corrected chi connectivity index (χ1v) is 7.80. The molecular weight excluding hydrogens is 326 g/mol. The molecule has 2 amide bonds. The van der Waals surface area contributed by atoms with Crippen LogP contribution >= 0.6 is 11.6 Å². The van der Waals surface area contributed by atoms with E-state index in [0.717, 1.165) is 5.56 Å². The highest BCUT2D eigenvalue weighted by molar-refractivity contribution is 6.31. The second-order valence-corrected chi connectivity index (χ2v) is 5.45. The Balaban J connectivity index is 2.09. The molecule has 4 N–H and O–H groups in total. The highest BCUT2D eigenvalue weighted by Gasteiger charge is 2.09. The quantitative estimate of drug-likeness (QED) is 0.704. The molecule has 0 spiro atoms. The zero-order chi connectivity index (χ0) is 17.4. The topological polar surface area (TPSA) is 84.2 Å². The molecule has 5 nitrogen and oxygen atoms in total. The molecule has 0 heterocycles. The molecule has 0 saturated heterocycles. The van der Waals surface area contributed by atoms with Crippen LogP contribution in [0, 0.1) is 0 Å². The average Bonchev–Trinajstić information content (AvgIpc) is 2.56. The molecule has 0 radical (unpaired) electrons. The Hall–Kier alpha value is -2.63. The van der Waals surface area contributed by atoms with Gasteiger partial charge in [-0.3, -0.25) is 9.59 Å². The van der Waals surface area contributed by atoms with Gasteiger partial charge in [-0.05, 0) is 29.8 Å². The maximum atomic E-state index is 12.1. The predicted molar refractivity (Wildman–Crippen MR) is 97.9 cm³/mol. The second-order valence-electron chi connectivity index (χ2n) is 5.01. The van der Waals surface area contributed by atoms with E-state index in [1.54, 1.807) is 24.3 Å². The van der Waals surface area contributed by atoms with E-state index >= 15 is 0 Å². The summed E-state index contributed by atoms with van der Waals surface area (Å²) in [6.07, 6.45) is 3.32. The number of rotatable bonds is 6. The number of halogens is 1. The normalized spacial score (nSPS) is 10.6. The van der Waals surface area contributed by atoms with Crippen LogP contribution in [0.4, 0.5) is 11.4 Å². The molecule has 0 aromatic heterocycles. The third-order valence-corrected chi connectivity index (χ3v) is 3.35. The Kier molecular flexibility index (Phi) is 6.54. The molecule has 0 unspecified atom stereocenters. The van der Waals surface area contributed by atoms with E-state index in [0.29, 0.717) is 16.4 Å². The van der Waals surface area contributed by atoms with Crippen LogP contribution in [-0.4, -0.2) is 18.4 Å². The van der Waals surface area contributed by atoms with Crippen LogP contribution in [0.15, 0.2) is 54.6 Å². The first-order chi connectivity index (χ1) is 11.6. The Morgan fingerprint density at radius 3 is 2.50 bits per heavy atom. The summed E-state index contributed by atoms with van der Waals surface area (Å²) < 4.78 is 0. The first kappa shape index (κ1) is 17.7. The smallest absolute Gasteiger partial charge is 0.248 e. The molecule has 2 aromatic rings. The number of hydrogen-bond acceptors (Lipinski definition) is 3. The summed E-state index contributed by atoms with van der Waals surface area (Å²) in [4.78, 5) is 23.8. The third kappa shape index (κ3) is 5.53. The molecule has 0 aliphatic rings. The van der Waals surface area contributed by atoms with Gasteiger partial charge in [-0.25, -0.2) is 0 Å². The summed E-state index contributed by atoms with van der Waals surface area (Å²) in [5, 5.41) is 5.87. The SMILES string of the molecule is NCCC(=O)Nc1cc(Cl)ccc1NC(=O)/C=C/c1ccccc1. The molecule has 0 fully saturated rings. The Morgan fingerprint density at radius 1 is 1.04 bits per heavy atom. The zero-order valence-electron chi connectivity index (χ0n) is 13.0. The van der Waals surface area contributed by atoms with Crippen molar-refractivity contribution in [3.63, 3.8) is 0 Å². The first-order valence-electron chi connectivity index (χ1n) is 7.42. The lowest BCUT2D eigenvalue weighted by atomic mass is 10.2. The van der Waals surface area contributed by atoms with Crippen molar-refractivity contribution in [1.82, 2.24) is 0 Å². The molecular formula is C18H18ClN3O2. The summed E-state index contributed by atoms with van der Waals surface area (Å²) in [7, 11) is 0. The van der Waals surface area contributed by atoms with Crippen molar-refractivity contribution in [2.24, 2.45) is 5.73 Å². The number of carbonyl (C=O) groups is 2. The standard InChI is InChI=1S/C18H18ClN3O2/c19-14-7-8-15(16(12-14)22-18(24)10-11-20)21-17(23)9-6-13-4-2-1-3-5-13/h1-9,12H,10-11,20H2,(H,21,23)(H,22,24)/b9-6+. The Bertz CT molecular complexity index is 745. The van der Waals surface area contributed by atoms with Crippen LogP contribution in [0.25, 0.3) is 6.08 Å². The van der Waals surface area contributed by atoms with Gasteiger partial charge < -0.3 is 16.4 Å². The lowest BCUT2D eigenvalue weighted by molar-refractivity contribution is -0.116. The number of carbonyl (C=O) groups excluding carboxylic acids is 2. The van der Waals surface area contributed by atoms with Gasteiger partial charge in [0.25, 0.3) is 0 Å². The van der Waals surface area contributed by atoms with E-state index in [-0.39, 0.29) is 24.8 Å². The summed E-state index contributed by atoms with van der Waals surface area (Å²) in [5.41, 5.74) is 7.18. The number of hydrogen-bond donors (Lipinski definition) is 3. The molecule has 0 aliphatic heterocycles. The number of benzene rings is 2. The molecule has 0 aliphatic carbocycles. The molecule has 0 bridgehead atoms. The summed E-state index contributed by atoms with van der Waals surface area (Å²) >= 11 is 5.95. The Morgan fingerprint density at radius 2 is 1.79 bits per heavy atom. The predicted octanol–water partition coefficient (Wildman–Crippen LogP) is 3.28. The lowest BCUT2D eigenvalue weighted by Gasteiger charge is -2.11. The molecule has 124 valence electrons. The van der Waals surface area contributed by atoms with Crippen molar-refractivity contribution in [3.05, 3.63) is 65.2 Å². The van der Waals surface area contributed by atoms with Crippen LogP contribution in [0.1, 0.15) is 12.0 Å². The van der Waals surface area contributed by atoms with Crippen molar-refractivity contribution >= 4 is 40.9 Å².